The van der Waals surface area contributed by atoms with Crippen molar-refractivity contribution in [2.24, 2.45) is 5.92 Å². The summed E-state index contributed by atoms with van der Waals surface area (Å²) in [5, 5.41) is 15.6. The smallest absolute Gasteiger partial charge is 0.408 e. The third kappa shape index (κ3) is 15.6. The van der Waals surface area contributed by atoms with Gasteiger partial charge in [-0.1, -0.05) is 74.5 Å². The zero-order valence-corrected chi connectivity index (χ0v) is 35.0. The lowest BCUT2D eigenvalue weighted by Crippen LogP contribution is -2.61. The van der Waals surface area contributed by atoms with E-state index in [2.05, 4.69) is 31.9 Å². The van der Waals surface area contributed by atoms with Crippen LogP contribution in [-0.2, 0) is 38.2 Å². The van der Waals surface area contributed by atoms with Crippen LogP contribution in [0, 0.1) is 5.92 Å². The summed E-state index contributed by atoms with van der Waals surface area (Å²) in [5.74, 6) is -4.65. The molecule has 0 heterocycles. The SMILES string of the molecule is COC(=O)C(C)(C)NC(=O)/C(=C\c1ccccc1)NC(=O)C(C)(C)NC(=O)/C(=C\c1ccccc1)NC(=O)C(C)(C)NC(=O)[C@H](CC(C)C)NC(=O)OC(C)(C)C. The lowest BCUT2D eigenvalue weighted by Gasteiger charge is -2.30. The molecule has 0 saturated carbocycles. The fraction of sp³-hybridized carbons (Fsp3) is 0.452. The van der Waals surface area contributed by atoms with E-state index in [0.717, 1.165) is 0 Å². The van der Waals surface area contributed by atoms with Crippen molar-refractivity contribution in [3.63, 3.8) is 0 Å². The maximum absolute atomic E-state index is 14.0. The molecule has 15 nitrogen and oxygen atoms in total. The number of hydrogen-bond donors (Lipinski definition) is 6. The van der Waals surface area contributed by atoms with Gasteiger partial charge in [0.25, 0.3) is 11.8 Å². The van der Waals surface area contributed by atoms with Crippen molar-refractivity contribution in [1.82, 2.24) is 31.9 Å². The fourth-order valence-electron chi connectivity index (χ4n) is 4.98. The van der Waals surface area contributed by atoms with Crippen LogP contribution in [0.15, 0.2) is 72.1 Å². The van der Waals surface area contributed by atoms with Crippen molar-refractivity contribution in [3.05, 3.63) is 83.2 Å². The Morgan fingerprint density at radius 3 is 1.40 bits per heavy atom. The number of alkyl carbamates (subject to hydrolysis) is 1. The van der Waals surface area contributed by atoms with Gasteiger partial charge in [-0.25, -0.2) is 9.59 Å². The van der Waals surface area contributed by atoms with E-state index in [1.165, 1.54) is 60.8 Å². The molecule has 15 heteroatoms. The summed E-state index contributed by atoms with van der Waals surface area (Å²) in [7, 11) is 1.18. The predicted octanol–water partition coefficient (Wildman–Crippen LogP) is 4.10. The Kier molecular flexibility index (Phi) is 16.3. The van der Waals surface area contributed by atoms with E-state index >= 15 is 0 Å². The minimum absolute atomic E-state index is 0.0109. The Labute approximate surface area is 335 Å². The van der Waals surface area contributed by atoms with Crippen LogP contribution >= 0.6 is 0 Å². The highest BCUT2D eigenvalue weighted by molar-refractivity contribution is 6.08. The average Bonchev–Trinajstić information content (AvgIpc) is 3.09. The lowest BCUT2D eigenvalue weighted by molar-refractivity contribution is -0.149. The largest absolute Gasteiger partial charge is 0.467 e. The van der Waals surface area contributed by atoms with E-state index in [0.29, 0.717) is 11.1 Å². The van der Waals surface area contributed by atoms with Crippen LogP contribution in [0.3, 0.4) is 0 Å². The molecule has 0 saturated heterocycles. The van der Waals surface area contributed by atoms with E-state index in [9.17, 15) is 33.6 Å². The second-order valence-corrected chi connectivity index (χ2v) is 16.4. The number of carbonyl (C=O) groups is 7. The standard InChI is InChI=1S/C42H58N6O9/c1-26(2)23-29(45-38(55)57-39(3,4)5)32(49)46-40(6,7)35(52)43-30(24-27-19-15-13-16-20-27)33(50)47-41(8,9)36(53)44-31(25-28-21-17-14-18-22-28)34(51)48-42(10,11)37(54)56-12/h13-22,24-26,29H,23H2,1-12H3,(H,43,52)(H,44,53)(H,45,55)(H,46,49)(H,47,50)(H,48,51)/b30-24+,31-25+/t29-/m0/s1. The maximum Gasteiger partial charge on any atom is 0.408 e. The minimum Gasteiger partial charge on any atom is -0.467 e. The molecule has 0 radical (unpaired) electrons. The van der Waals surface area contributed by atoms with Crippen molar-refractivity contribution in [2.75, 3.05) is 7.11 Å². The molecule has 2 rings (SSSR count). The van der Waals surface area contributed by atoms with Crippen molar-refractivity contribution in [1.29, 1.82) is 0 Å². The van der Waals surface area contributed by atoms with Gasteiger partial charge < -0.3 is 41.4 Å². The highest BCUT2D eigenvalue weighted by Crippen LogP contribution is 2.16. The van der Waals surface area contributed by atoms with Gasteiger partial charge in [-0.2, -0.15) is 0 Å². The summed E-state index contributed by atoms with van der Waals surface area (Å²) in [6.07, 6.45) is 2.25. The van der Waals surface area contributed by atoms with Crippen molar-refractivity contribution < 1.29 is 43.0 Å². The third-order valence-electron chi connectivity index (χ3n) is 8.04. The minimum atomic E-state index is -1.70. The lowest BCUT2D eigenvalue weighted by atomic mass is 9.99. The van der Waals surface area contributed by atoms with Gasteiger partial charge in [0, 0.05) is 0 Å². The monoisotopic (exact) mass is 790 g/mol. The van der Waals surface area contributed by atoms with Crippen LogP contribution in [0.5, 0.6) is 0 Å². The number of nitrogens with one attached hydrogen (secondary N) is 6. The van der Waals surface area contributed by atoms with Crippen LogP contribution in [0.25, 0.3) is 12.2 Å². The van der Waals surface area contributed by atoms with E-state index in [1.807, 2.05) is 13.8 Å². The van der Waals surface area contributed by atoms with E-state index in [-0.39, 0.29) is 23.7 Å². The Balaban J connectivity index is 2.39. The third-order valence-corrected chi connectivity index (χ3v) is 8.04. The quantitative estimate of drug-likeness (QED) is 0.107. The highest BCUT2D eigenvalue weighted by atomic mass is 16.6. The van der Waals surface area contributed by atoms with Crippen molar-refractivity contribution in [3.8, 4) is 0 Å². The molecular weight excluding hydrogens is 732 g/mol. The van der Waals surface area contributed by atoms with Gasteiger partial charge in [0.1, 0.15) is 39.7 Å². The number of esters is 1. The molecule has 0 aliphatic carbocycles. The molecule has 0 aliphatic heterocycles. The second kappa shape index (κ2) is 19.7. The number of methoxy groups -OCH3 is 1. The number of amides is 6. The van der Waals surface area contributed by atoms with Gasteiger partial charge in [0.05, 0.1) is 7.11 Å². The van der Waals surface area contributed by atoms with Crippen LogP contribution in [-0.4, -0.2) is 77.0 Å². The normalized spacial score (nSPS) is 13.1. The summed E-state index contributed by atoms with van der Waals surface area (Å²) >= 11 is 0. The molecule has 0 spiro atoms. The fourth-order valence-corrected chi connectivity index (χ4v) is 4.98. The number of benzene rings is 2. The zero-order valence-electron chi connectivity index (χ0n) is 35.0. The summed E-state index contributed by atoms with van der Waals surface area (Å²) < 4.78 is 10.1. The first kappa shape index (κ1) is 47.2. The Morgan fingerprint density at radius 1 is 0.614 bits per heavy atom. The Hall–Kier alpha value is -5.99. The van der Waals surface area contributed by atoms with Gasteiger partial charge in [-0.05, 0) is 97.9 Å². The molecule has 0 bridgehead atoms. The molecule has 0 fully saturated rings. The van der Waals surface area contributed by atoms with Crippen LogP contribution in [0.4, 0.5) is 4.79 Å². The predicted molar refractivity (Wildman–Crippen MR) is 216 cm³/mol. The van der Waals surface area contributed by atoms with Gasteiger partial charge in [0.15, 0.2) is 0 Å². The summed E-state index contributed by atoms with van der Waals surface area (Å²) in [5.41, 5.74) is -4.99. The van der Waals surface area contributed by atoms with Crippen LogP contribution < -0.4 is 31.9 Å². The molecule has 1 atom stereocenters. The molecule has 57 heavy (non-hydrogen) atoms. The topological polar surface area (TPSA) is 210 Å². The van der Waals surface area contributed by atoms with Gasteiger partial charge in [0.2, 0.25) is 17.7 Å². The number of hydrogen-bond acceptors (Lipinski definition) is 9. The highest BCUT2D eigenvalue weighted by Gasteiger charge is 2.38. The first-order chi connectivity index (χ1) is 26.3. The van der Waals surface area contributed by atoms with Crippen molar-refractivity contribution in [2.45, 2.75) is 111 Å². The Morgan fingerprint density at radius 2 is 1.02 bits per heavy atom. The number of ether oxygens (including phenoxy) is 2. The van der Waals surface area contributed by atoms with E-state index < -0.39 is 69.9 Å². The molecule has 0 aromatic heterocycles. The number of carbonyl (C=O) groups excluding carboxylic acids is 7. The summed E-state index contributed by atoms with van der Waals surface area (Å²) in [6, 6.07) is 16.2. The molecule has 6 N–H and O–H groups in total. The first-order valence-electron chi connectivity index (χ1n) is 18.5. The molecule has 2 aromatic rings. The van der Waals surface area contributed by atoms with Crippen LogP contribution in [0.2, 0.25) is 0 Å². The Bertz CT molecular complexity index is 1840. The van der Waals surface area contributed by atoms with Gasteiger partial charge >= 0.3 is 12.1 Å². The molecule has 2 aromatic carbocycles. The first-order valence-corrected chi connectivity index (χ1v) is 18.5. The summed E-state index contributed by atoms with van der Waals surface area (Å²) in [6.45, 7) is 17.4. The summed E-state index contributed by atoms with van der Waals surface area (Å²) in [4.78, 5) is 93.4. The van der Waals surface area contributed by atoms with E-state index in [4.69, 9.17) is 9.47 Å². The van der Waals surface area contributed by atoms with Crippen molar-refractivity contribution >= 4 is 53.8 Å². The second-order valence-electron chi connectivity index (χ2n) is 16.4. The molecule has 0 aliphatic rings. The average molecular weight is 791 g/mol. The molecule has 310 valence electrons. The van der Waals surface area contributed by atoms with Gasteiger partial charge in [-0.15, -0.1) is 0 Å². The van der Waals surface area contributed by atoms with Crippen LogP contribution in [0.1, 0.15) is 93.7 Å². The zero-order chi connectivity index (χ0) is 43.4. The molecule has 6 amide bonds. The maximum atomic E-state index is 14.0. The van der Waals surface area contributed by atoms with E-state index in [1.54, 1.807) is 81.4 Å². The van der Waals surface area contributed by atoms with Gasteiger partial charge in [-0.3, -0.25) is 24.0 Å². The molecular formula is C42H58N6O9. The molecule has 0 unspecified atom stereocenters. The number of rotatable bonds is 16.